The fraction of sp³-hybridized carbons (Fsp3) is 0.150. The minimum absolute atomic E-state index is 0.271. The summed E-state index contributed by atoms with van der Waals surface area (Å²) in [5, 5.41) is 3.38. The predicted octanol–water partition coefficient (Wildman–Crippen LogP) is 4.82. The normalized spacial score (nSPS) is 11.2. The largest absolute Gasteiger partial charge is 0.338 e. The van der Waals surface area contributed by atoms with Crippen molar-refractivity contribution in [3.05, 3.63) is 67.0 Å². The number of benzene rings is 2. The lowest BCUT2D eigenvalue weighted by atomic mass is 10.2. The van der Waals surface area contributed by atoms with E-state index < -0.39 is 0 Å². The molecule has 0 unspecified atom stereocenters. The van der Waals surface area contributed by atoms with Crippen LogP contribution in [0.25, 0.3) is 22.6 Å². The molecule has 0 spiro atoms. The highest BCUT2D eigenvalue weighted by atomic mass is 15.2. The van der Waals surface area contributed by atoms with Gasteiger partial charge in [-0.15, -0.1) is 0 Å². The number of para-hydroxylation sites is 1. The predicted molar refractivity (Wildman–Crippen MR) is 101 cm³/mol. The Morgan fingerprint density at radius 1 is 0.880 bits per heavy atom. The van der Waals surface area contributed by atoms with Crippen LogP contribution in [0.1, 0.15) is 19.9 Å². The lowest BCUT2D eigenvalue weighted by molar-refractivity contribution is 0.613. The summed E-state index contributed by atoms with van der Waals surface area (Å²) in [7, 11) is 0. The topological polar surface area (TPSA) is 55.6 Å². The molecule has 4 rings (SSSR count). The Labute approximate surface area is 146 Å². The number of fused-ring (bicyclic) bond motifs is 1. The molecular weight excluding hydrogens is 310 g/mol. The Bertz CT molecular complexity index is 991. The quantitative estimate of drug-likeness (QED) is 0.583. The molecule has 2 heterocycles. The number of hydrogen-bond donors (Lipinski definition) is 1. The van der Waals surface area contributed by atoms with Gasteiger partial charge in [0, 0.05) is 17.3 Å². The Morgan fingerprint density at radius 2 is 1.56 bits per heavy atom. The smallest absolute Gasteiger partial charge is 0.166 e. The van der Waals surface area contributed by atoms with Gasteiger partial charge in [-0.1, -0.05) is 48.5 Å². The van der Waals surface area contributed by atoms with Gasteiger partial charge in [-0.2, -0.15) is 0 Å². The molecule has 0 saturated heterocycles. The molecule has 0 aliphatic carbocycles. The highest BCUT2D eigenvalue weighted by Crippen LogP contribution is 2.27. The highest BCUT2D eigenvalue weighted by molar-refractivity contribution is 5.87. The Morgan fingerprint density at radius 3 is 2.24 bits per heavy atom. The molecule has 2 aromatic carbocycles. The van der Waals surface area contributed by atoms with Gasteiger partial charge >= 0.3 is 0 Å². The van der Waals surface area contributed by atoms with E-state index in [0.29, 0.717) is 5.82 Å². The fourth-order valence-electron chi connectivity index (χ4n) is 2.76. The third-order valence-corrected chi connectivity index (χ3v) is 4.05. The molecule has 0 aliphatic rings. The third kappa shape index (κ3) is 2.96. The highest BCUT2D eigenvalue weighted by Gasteiger charge is 2.15. The zero-order valence-corrected chi connectivity index (χ0v) is 14.2. The summed E-state index contributed by atoms with van der Waals surface area (Å²) in [6, 6.07) is 20.3. The average molecular weight is 329 g/mol. The third-order valence-electron chi connectivity index (χ3n) is 4.05. The number of imidazole rings is 1. The molecule has 0 radical (unpaired) electrons. The minimum Gasteiger partial charge on any atom is -0.338 e. The summed E-state index contributed by atoms with van der Waals surface area (Å²) in [6.45, 7) is 4.24. The number of nitrogens with one attached hydrogen (secondary N) is 1. The van der Waals surface area contributed by atoms with Crippen LogP contribution < -0.4 is 5.32 Å². The lowest BCUT2D eigenvalue weighted by Crippen LogP contribution is -2.03. The number of aromatic nitrogens is 4. The maximum absolute atomic E-state index is 4.78. The van der Waals surface area contributed by atoms with E-state index in [1.165, 1.54) is 0 Å². The van der Waals surface area contributed by atoms with Crippen molar-refractivity contribution in [2.45, 2.75) is 19.9 Å². The molecule has 0 amide bonds. The first-order valence-corrected chi connectivity index (χ1v) is 8.34. The number of anilines is 2. The van der Waals surface area contributed by atoms with E-state index in [4.69, 9.17) is 9.97 Å². The summed E-state index contributed by atoms with van der Waals surface area (Å²) >= 11 is 0. The van der Waals surface area contributed by atoms with Crippen LogP contribution in [0.5, 0.6) is 0 Å². The minimum atomic E-state index is 0.271. The average Bonchev–Trinajstić information content (AvgIpc) is 3.08. The Hall–Kier alpha value is -3.21. The summed E-state index contributed by atoms with van der Waals surface area (Å²) in [6.07, 6.45) is 1.83. The van der Waals surface area contributed by atoms with E-state index >= 15 is 0 Å². The zero-order chi connectivity index (χ0) is 17.2. The molecule has 2 aromatic heterocycles. The molecule has 25 heavy (non-hydrogen) atoms. The van der Waals surface area contributed by atoms with Crippen LogP contribution >= 0.6 is 0 Å². The molecule has 0 saturated carbocycles. The molecule has 0 atom stereocenters. The van der Waals surface area contributed by atoms with Crippen molar-refractivity contribution in [1.29, 1.82) is 0 Å². The van der Waals surface area contributed by atoms with E-state index in [1.54, 1.807) is 0 Å². The second kappa shape index (κ2) is 6.36. The maximum atomic E-state index is 4.78. The molecule has 5 heteroatoms. The van der Waals surface area contributed by atoms with Gasteiger partial charge in [0.05, 0.1) is 6.33 Å². The van der Waals surface area contributed by atoms with E-state index in [-0.39, 0.29) is 6.04 Å². The van der Waals surface area contributed by atoms with Crippen LogP contribution in [0.2, 0.25) is 0 Å². The monoisotopic (exact) mass is 329 g/mol. The van der Waals surface area contributed by atoms with Crippen molar-refractivity contribution >= 4 is 22.7 Å². The first kappa shape index (κ1) is 15.3. The summed E-state index contributed by atoms with van der Waals surface area (Å²) in [5.41, 5.74) is 3.57. The fourth-order valence-corrected chi connectivity index (χ4v) is 2.76. The van der Waals surface area contributed by atoms with Gasteiger partial charge in [0.15, 0.2) is 22.8 Å². The van der Waals surface area contributed by atoms with Crippen molar-refractivity contribution in [2.24, 2.45) is 0 Å². The van der Waals surface area contributed by atoms with E-state index in [2.05, 4.69) is 28.7 Å². The number of nitrogens with zero attached hydrogens (tertiary/aromatic N) is 4. The second-order valence-electron chi connectivity index (χ2n) is 6.17. The molecule has 0 fully saturated rings. The van der Waals surface area contributed by atoms with Gasteiger partial charge in [-0.3, -0.25) is 0 Å². The molecular formula is C20H19N5. The Balaban J connectivity index is 1.90. The van der Waals surface area contributed by atoms with Crippen LogP contribution in [-0.2, 0) is 0 Å². The summed E-state index contributed by atoms with van der Waals surface area (Å²) < 4.78 is 2.07. The van der Waals surface area contributed by atoms with Crippen LogP contribution in [0.15, 0.2) is 67.0 Å². The molecule has 0 bridgehead atoms. The molecule has 0 aliphatic heterocycles. The van der Waals surface area contributed by atoms with Gasteiger partial charge in [0.1, 0.15) is 0 Å². The van der Waals surface area contributed by atoms with Crippen LogP contribution in [0, 0.1) is 0 Å². The van der Waals surface area contributed by atoms with Crippen LogP contribution in [0.4, 0.5) is 11.5 Å². The van der Waals surface area contributed by atoms with E-state index in [1.807, 2.05) is 67.0 Å². The first-order chi connectivity index (χ1) is 12.2. The van der Waals surface area contributed by atoms with E-state index in [0.717, 1.165) is 28.2 Å². The van der Waals surface area contributed by atoms with Gasteiger partial charge in [-0.25, -0.2) is 15.0 Å². The molecule has 124 valence electrons. The first-order valence-electron chi connectivity index (χ1n) is 8.34. The molecule has 1 N–H and O–H groups in total. The van der Waals surface area contributed by atoms with Gasteiger partial charge in [-0.05, 0) is 26.0 Å². The Kier molecular flexibility index (Phi) is 3.90. The van der Waals surface area contributed by atoms with Crippen LogP contribution in [-0.4, -0.2) is 19.5 Å². The lowest BCUT2D eigenvalue weighted by Gasteiger charge is -2.11. The van der Waals surface area contributed by atoms with Crippen molar-refractivity contribution in [3.63, 3.8) is 0 Å². The van der Waals surface area contributed by atoms with Crippen molar-refractivity contribution < 1.29 is 0 Å². The van der Waals surface area contributed by atoms with Gasteiger partial charge < -0.3 is 9.88 Å². The van der Waals surface area contributed by atoms with Crippen molar-refractivity contribution in [1.82, 2.24) is 19.5 Å². The zero-order valence-electron chi connectivity index (χ0n) is 14.2. The summed E-state index contributed by atoms with van der Waals surface area (Å²) in [5.74, 6) is 1.41. The summed E-state index contributed by atoms with van der Waals surface area (Å²) in [4.78, 5) is 14.1. The molecule has 4 aromatic rings. The standard InChI is InChI=1S/C20H19N5/c1-14(2)25-13-21-17-19(22-16-11-7-4-8-12-16)23-18(24-20(17)25)15-9-5-3-6-10-15/h3-14H,1-2H3,(H,22,23,24). The number of hydrogen-bond acceptors (Lipinski definition) is 4. The SMILES string of the molecule is CC(C)n1cnc2c(Nc3ccccc3)nc(-c3ccccc3)nc21. The van der Waals surface area contributed by atoms with E-state index in [9.17, 15) is 0 Å². The maximum Gasteiger partial charge on any atom is 0.166 e. The van der Waals surface area contributed by atoms with Crippen molar-refractivity contribution in [3.8, 4) is 11.4 Å². The van der Waals surface area contributed by atoms with Crippen LogP contribution in [0.3, 0.4) is 0 Å². The van der Waals surface area contributed by atoms with Gasteiger partial charge in [0.2, 0.25) is 0 Å². The second-order valence-corrected chi connectivity index (χ2v) is 6.17. The number of rotatable bonds is 4. The van der Waals surface area contributed by atoms with Gasteiger partial charge in [0.25, 0.3) is 0 Å². The molecule has 5 nitrogen and oxygen atoms in total. The van der Waals surface area contributed by atoms with Crippen molar-refractivity contribution in [2.75, 3.05) is 5.32 Å².